The second-order valence-electron chi connectivity index (χ2n) is 3.51. The molecule has 0 saturated carbocycles. The molecule has 88 valence electrons. The highest BCUT2D eigenvalue weighted by atomic mass is 16.2. The van der Waals surface area contributed by atoms with E-state index in [0.29, 0.717) is 18.1 Å². The molecular formula is C11H13N5O. The first-order valence-corrected chi connectivity index (χ1v) is 5.32. The zero-order chi connectivity index (χ0) is 12.3. The second kappa shape index (κ2) is 4.73. The summed E-state index contributed by atoms with van der Waals surface area (Å²) in [6.45, 7) is 1.94. The van der Waals surface area contributed by atoms with Gasteiger partial charge in [-0.05, 0) is 12.1 Å². The van der Waals surface area contributed by atoms with Crippen molar-refractivity contribution in [3.8, 4) is 0 Å². The number of hydrogen-bond donors (Lipinski definition) is 1. The number of aryl methyl sites for hydroxylation is 1. The van der Waals surface area contributed by atoms with Crippen LogP contribution in [-0.2, 0) is 6.42 Å². The molecule has 0 spiro atoms. The molecule has 2 aromatic rings. The first kappa shape index (κ1) is 11.3. The predicted octanol–water partition coefficient (Wildman–Crippen LogP) is 1.04. The van der Waals surface area contributed by atoms with Crippen molar-refractivity contribution in [2.75, 3.05) is 11.9 Å². The van der Waals surface area contributed by atoms with Gasteiger partial charge in [0.25, 0.3) is 5.91 Å². The number of H-pyrrole nitrogens is 1. The fraction of sp³-hybridized carbons (Fsp3) is 0.273. The molecule has 0 aliphatic heterocycles. The van der Waals surface area contributed by atoms with Crippen LogP contribution < -0.4 is 4.90 Å². The molecular weight excluding hydrogens is 218 g/mol. The van der Waals surface area contributed by atoms with Crippen molar-refractivity contribution in [1.29, 1.82) is 0 Å². The third-order valence-electron chi connectivity index (χ3n) is 2.36. The number of pyridine rings is 1. The third-order valence-corrected chi connectivity index (χ3v) is 2.36. The van der Waals surface area contributed by atoms with Gasteiger partial charge in [0, 0.05) is 19.7 Å². The molecule has 6 nitrogen and oxygen atoms in total. The Hall–Kier alpha value is -2.24. The minimum atomic E-state index is -0.278. The first-order chi connectivity index (χ1) is 8.22. The lowest BCUT2D eigenvalue weighted by Gasteiger charge is -2.13. The number of carbonyl (C=O) groups is 1. The quantitative estimate of drug-likeness (QED) is 0.856. The van der Waals surface area contributed by atoms with E-state index in [1.807, 2.05) is 13.0 Å². The Bertz CT molecular complexity index is 508. The molecule has 2 rings (SSSR count). The van der Waals surface area contributed by atoms with Crippen molar-refractivity contribution in [3.05, 3.63) is 36.0 Å². The zero-order valence-corrected chi connectivity index (χ0v) is 9.71. The Morgan fingerprint density at radius 2 is 2.29 bits per heavy atom. The van der Waals surface area contributed by atoms with Crippen LogP contribution in [0.3, 0.4) is 0 Å². The topological polar surface area (TPSA) is 74.8 Å². The van der Waals surface area contributed by atoms with Crippen molar-refractivity contribution < 1.29 is 4.79 Å². The van der Waals surface area contributed by atoms with Crippen LogP contribution in [0.1, 0.15) is 23.4 Å². The Labute approximate surface area is 98.7 Å². The highest BCUT2D eigenvalue weighted by Gasteiger charge is 2.18. The molecule has 1 amide bonds. The molecule has 0 aromatic carbocycles. The number of nitrogens with zero attached hydrogens (tertiary/aromatic N) is 4. The molecule has 0 fully saturated rings. The van der Waals surface area contributed by atoms with Gasteiger partial charge in [-0.3, -0.25) is 14.8 Å². The summed E-state index contributed by atoms with van der Waals surface area (Å²) in [5.41, 5.74) is 0. The number of carbonyl (C=O) groups excluding carboxylic acids is 1. The minimum Gasteiger partial charge on any atom is -0.293 e. The summed E-state index contributed by atoms with van der Waals surface area (Å²) in [4.78, 5) is 21.6. The van der Waals surface area contributed by atoms with Crippen molar-refractivity contribution in [1.82, 2.24) is 20.2 Å². The van der Waals surface area contributed by atoms with Gasteiger partial charge in [-0.25, -0.2) is 9.97 Å². The van der Waals surface area contributed by atoms with E-state index in [2.05, 4.69) is 20.2 Å². The number of aromatic amines is 1. The lowest BCUT2D eigenvalue weighted by molar-refractivity contribution is 0.0982. The number of anilines is 1. The summed E-state index contributed by atoms with van der Waals surface area (Å²) in [5.74, 6) is 1.15. The van der Waals surface area contributed by atoms with Crippen molar-refractivity contribution in [3.63, 3.8) is 0 Å². The summed E-state index contributed by atoms with van der Waals surface area (Å²) in [7, 11) is 1.65. The van der Waals surface area contributed by atoms with Crippen LogP contribution in [0.2, 0.25) is 0 Å². The van der Waals surface area contributed by atoms with Gasteiger partial charge >= 0.3 is 0 Å². The molecule has 0 unspecified atom stereocenters. The SMILES string of the molecule is CCc1nc(C(=O)N(C)c2ccccn2)n[nH]1. The predicted molar refractivity (Wildman–Crippen MR) is 62.7 cm³/mol. The van der Waals surface area contributed by atoms with E-state index < -0.39 is 0 Å². The van der Waals surface area contributed by atoms with E-state index in [1.165, 1.54) is 4.90 Å². The number of hydrogen-bond acceptors (Lipinski definition) is 4. The first-order valence-electron chi connectivity index (χ1n) is 5.32. The molecule has 0 aliphatic rings. The van der Waals surface area contributed by atoms with Crippen molar-refractivity contribution in [2.45, 2.75) is 13.3 Å². The molecule has 17 heavy (non-hydrogen) atoms. The fourth-order valence-electron chi connectivity index (χ4n) is 1.36. The maximum absolute atomic E-state index is 12.0. The Balaban J connectivity index is 2.20. The number of aromatic nitrogens is 4. The summed E-state index contributed by atoms with van der Waals surface area (Å²) in [6, 6.07) is 5.37. The normalized spacial score (nSPS) is 10.2. The van der Waals surface area contributed by atoms with Crippen LogP contribution >= 0.6 is 0 Å². The second-order valence-corrected chi connectivity index (χ2v) is 3.51. The molecule has 1 N–H and O–H groups in total. The monoisotopic (exact) mass is 231 g/mol. The van der Waals surface area contributed by atoms with Gasteiger partial charge < -0.3 is 0 Å². The van der Waals surface area contributed by atoms with Crippen LogP contribution in [-0.4, -0.2) is 33.1 Å². The third kappa shape index (κ3) is 2.30. The van der Waals surface area contributed by atoms with Gasteiger partial charge in [0.1, 0.15) is 11.6 Å². The Kier molecular flexibility index (Phi) is 3.13. The molecule has 0 radical (unpaired) electrons. The fourth-order valence-corrected chi connectivity index (χ4v) is 1.36. The Morgan fingerprint density at radius 3 is 2.88 bits per heavy atom. The molecule has 6 heteroatoms. The minimum absolute atomic E-state index is 0.162. The molecule has 0 bridgehead atoms. The van der Waals surface area contributed by atoms with Crippen molar-refractivity contribution >= 4 is 11.7 Å². The van der Waals surface area contributed by atoms with E-state index in [4.69, 9.17) is 0 Å². The zero-order valence-electron chi connectivity index (χ0n) is 9.71. The number of amides is 1. The molecule has 2 aromatic heterocycles. The van der Waals surface area contributed by atoms with Gasteiger partial charge in [0.2, 0.25) is 5.82 Å². The van der Waals surface area contributed by atoms with Crippen molar-refractivity contribution in [2.24, 2.45) is 0 Å². The van der Waals surface area contributed by atoms with E-state index in [9.17, 15) is 4.79 Å². The lowest BCUT2D eigenvalue weighted by atomic mass is 10.4. The summed E-state index contributed by atoms with van der Waals surface area (Å²) < 4.78 is 0. The van der Waals surface area contributed by atoms with Gasteiger partial charge in [0.05, 0.1) is 0 Å². The number of nitrogens with one attached hydrogen (secondary N) is 1. The average molecular weight is 231 g/mol. The van der Waals surface area contributed by atoms with Gasteiger partial charge in [-0.1, -0.05) is 13.0 Å². The standard InChI is InChI=1S/C11H13N5O/c1-3-8-13-10(15-14-8)11(17)16(2)9-6-4-5-7-12-9/h4-7H,3H2,1-2H3,(H,13,14,15). The molecule has 0 aliphatic carbocycles. The van der Waals surface area contributed by atoms with Gasteiger partial charge in [-0.15, -0.1) is 5.10 Å². The van der Waals surface area contributed by atoms with Crippen LogP contribution in [0, 0.1) is 0 Å². The largest absolute Gasteiger partial charge is 0.298 e. The van der Waals surface area contributed by atoms with E-state index in [0.717, 1.165) is 0 Å². The van der Waals surface area contributed by atoms with Crippen LogP contribution in [0.5, 0.6) is 0 Å². The number of rotatable bonds is 3. The van der Waals surface area contributed by atoms with Gasteiger partial charge in [-0.2, -0.15) is 0 Å². The smallest absolute Gasteiger partial charge is 0.293 e. The van der Waals surface area contributed by atoms with E-state index in [1.54, 1.807) is 25.4 Å². The van der Waals surface area contributed by atoms with Crippen LogP contribution in [0.4, 0.5) is 5.82 Å². The summed E-state index contributed by atoms with van der Waals surface area (Å²) in [5, 5.41) is 6.59. The van der Waals surface area contributed by atoms with E-state index >= 15 is 0 Å². The van der Waals surface area contributed by atoms with Crippen LogP contribution in [0.15, 0.2) is 24.4 Å². The van der Waals surface area contributed by atoms with E-state index in [-0.39, 0.29) is 11.7 Å². The maximum atomic E-state index is 12.0. The highest BCUT2D eigenvalue weighted by Crippen LogP contribution is 2.09. The summed E-state index contributed by atoms with van der Waals surface area (Å²) in [6.07, 6.45) is 2.35. The van der Waals surface area contributed by atoms with Crippen LogP contribution in [0.25, 0.3) is 0 Å². The maximum Gasteiger partial charge on any atom is 0.298 e. The molecule has 0 saturated heterocycles. The summed E-state index contributed by atoms with van der Waals surface area (Å²) >= 11 is 0. The molecule has 2 heterocycles. The lowest BCUT2D eigenvalue weighted by Crippen LogP contribution is -2.28. The highest BCUT2D eigenvalue weighted by molar-refractivity contribution is 6.02. The molecule has 0 atom stereocenters. The average Bonchev–Trinajstić information content (AvgIpc) is 2.87. The Morgan fingerprint density at radius 1 is 1.47 bits per heavy atom. The van der Waals surface area contributed by atoms with Gasteiger partial charge in [0.15, 0.2) is 0 Å².